The van der Waals surface area contributed by atoms with Crippen LogP contribution in [0.5, 0.6) is 0 Å². The highest BCUT2D eigenvalue weighted by Gasteiger charge is 2.13. The molecule has 9 heteroatoms. The number of aromatic nitrogens is 4. The third-order valence-corrected chi connectivity index (χ3v) is 3.90. The molecular formula is C9H11N5O2S2. The van der Waals surface area contributed by atoms with Crippen LogP contribution in [0.4, 0.5) is 5.95 Å². The Bertz CT molecular complexity index is 565. The highest BCUT2D eigenvalue weighted by molar-refractivity contribution is 7.99. The van der Waals surface area contributed by atoms with Gasteiger partial charge in [0.15, 0.2) is 5.16 Å². The van der Waals surface area contributed by atoms with Crippen LogP contribution in [0.25, 0.3) is 0 Å². The molecule has 2 aromatic heterocycles. The summed E-state index contributed by atoms with van der Waals surface area (Å²) in [4.78, 5) is 15.7. The second-order valence-corrected chi connectivity index (χ2v) is 5.72. The van der Waals surface area contributed by atoms with Gasteiger partial charge in [0.2, 0.25) is 5.95 Å². The maximum Gasteiger partial charge on any atom is 0.313 e. The maximum absolute atomic E-state index is 10.5. The molecule has 7 nitrogen and oxygen atoms in total. The molecule has 2 heterocycles. The Morgan fingerprint density at radius 3 is 3.00 bits per heavy atom. The highest BCUT2D eigenvalue weighted by Crippen LogP contribution is 2.21. The van der Waals surface area contributed by atoms with Gasteiger partial charge in [-0.05, 0) is 6.92 Å². The van der Waals surface area contributed by atoms with E-state index in [1.807, 2.05) is 6.92 Å². The molecule has 0 aromatic carbocycles. The Hall–Kier alpha value is -1.61. The van der Waals surface area contributed by atoms with E-state index in [9.17, 15) is 4.79 Å². The first-order valence-electron chi connectivity index (χ1n) is 5.01. The lowest BCUT2D eigenvalue weighted by molar-refractivity contribution is -0.133. The van der Waals surface area contributed by atoms with Crippen LogP contribution in [-0.2, 0) is 11.3 Å². The van der Waals surface area contributed by atoms with Crippen LogP contribution in [-0.4, -0.2) is 36.6 Å². The van der Waals surface area contributed by atoms with Crippen LogP contribution in [0.15, 0.2) is 11.4 Å². The topological polar surface area (TPSA) is 107 Å². The number of hydrogen-bond donors (Lipinski definition) is 2. The lowest BCUT2D eigenvalue weighted by Gasteiger charge is -2.04. The zero-order valence-corrected chi connectivity index (χ0v) is 11.2. The van der Waals surface area contributed by atoms with Crippen molar-refractivity contribution in [2.45, 2.75) is 18.6 Å². The minimum atomic E-state index is -0.901. The molecule has 0 aliphatic carbocycles. The number of rotatable bonds is 5. The van der Waals surface area contributed by atoms with E-state index in [4.69, 9.17) is 10.8 Å². The van der Waals surface area contributed by atoms with Gasteiger partial charge in [-0.25, -0.2) is 4.98 Å². The lowest BCUT2D eigenvalue weighted by Crippen LogP contribution is -2.06. The van der Waals surface area contributed by atoms with Crippen molar-refractivity contribution in [1.29, 1.82) is 0 Å². The van der Waals surface area contributed by atoms with E-state index in [1.54, 1.807) is 22.1 Å². The highest BCUT2D eigenvalue weighted by atomic mass is 32.2. The van der Waals surface area contributed by atoms with Crippen LogP contribution in [0.2, 0.25) is 0 Å². The zero-order chi connectivity index (χ0) is 13.1. The SMILES string of the molecule is Cc1ncc(Cn2c(N)nnc2SCC(=O)O)s1. The summed E-state index contributed by atoms with van der Waals surface area (Å²) in [6.45, 7) is 2.43. The minimum absolute atomic E-state index is 0.0696. The first-order valence-corrected chi connectivity index (χ1v) is 6.81. The predicted octanol–water partition coefficient (Wildman–Crippen LogP) is 0.850. The number of nitrogens with zero attached hydrogens (tertiary/aromatic N) is 4. The fourth-order valence-corrected chi connectivity index (χ4v) is 2.76. The monoisotopic (exact) mass is 285 g/mol. The van der Waals surface area contributed by atoms with Gasteiger partial charge in [-0.2, -0.15) is 0 Å². The van der Waals surface area contributed by atoms with E-state index in [1.165, 1.54) is 0 Å². The Morgan fingerprint density at radius 2 is 2.39 bits per heavy atom. The zero-order valence-electron chi connectivity index (χ0n) is 9.53. The van der Waals surface area contributed by atoms with Crippen LogP contribution < -0.4 is 5.73 Å². The molecule has 0 saturated heterocycles. The van der Waals surface area contributed by atoms with Crippen LogP contribution in [0.3, 0.4) is 0 Å². The number of aliphatic carboxylic acids is 1. The molecule has 0 saturated carbocycles. The van der Waals surface area contributed by atoms with Crippen molar-refractivity contribution in [3.05, 3.63) is 16.1 Å². The van der Waals surface area contributed by atoms with Gasteiger partial charge in [0, 0.05) is 11.1 Å². The molecule has 0 aliphatic heterocycles. The summed E-state index contributed by atoms with van der Waals surface area (Å²) in [5, 5.41) is 17.7. The molecule has 0 bridgehead atoms. The molecule has 18 heavy (non-hydrogen) atoms. The van der Waals surface area contributed by atoms with Crippen molar-refractivity contribution in [2.75, 3.05) is 11.5 Å². The second-order valence-electron chi connectivity index (χ2n) is 3.45. The number of nitrogen functional groups attached to an aromatic ring is 1. The number of anilines is 1. The number of thioether (sulfide) groups is 1. The van der Waals surface area contributed by atoms with Crippen molar-refractivity contribution in [3.63, 3.8) is 0 Å². The van der Waals surface area contributed by atoms with E-state index < -0.39 is 5.97 Å². The van der Waals surface area contributed by atoms with Gasteiger partial charge >= 0.3 is 5.97 Å². The lowest BCUT2D eigenvalue weighted by atomic mass is 10.5. The van der Waals surface area contributed by atoms with E-state index in [-0.39, 0.29) is 11.7 Å². The molecule has 3 N–H and O–H groups in total. The van der Waals surface area contributed by atoms with Gasteiger partial charge in [-0.15, -0.1) is 21.5 Å². The van der Waals surface area contributed by atoms with E-state index in [0.717, 1.165) is 21.6 Å². The number of hydrogen-bond acceptors (Lipinski definition) is 7. The van der Waals surface area contributed by atoms with Gasteiger partial charge < -0.3 is 10.8 Å². The van der Waals surface area contributed by atoms with Gasteiger partial charge in [-0.1, -0.05) is 11.8 Å². The molecular weight excluding hydrogens is 274 g/mol. The molecule has 0 unspecified atom stereocenters. The quantitative estimate of drug-likeness (QED) is 0.784. The third-order valence-electron chi connectivity index (χ3n) is 2.05. The number of carbonyl (C=O) groups is 1. The molecule has 2 aromatic rings. The summed E-state index contributed by atoms with van der Waals surface area (Å²) in [5.74, 6) is -0.699. The summed E-state index contributed by atoms with van der Waals surface area (Å²) in [5.41, 5.74) is 5.72. The van der Waals surface area contributed by atoms with E-state index >= 15 is 0 Å². The number of carboxylic acid groups (broad SMARTS) is 1. The predicted molar refractivity (Wildman–Crippen MR) is 68.7 cm³/mol. The standard InChI is InChI=1S/C9H11N5O2S2/c1-5-11-2-6(18-5)3-14-8(10)12-13-9(14)17-4-7(15)16/h2H,3-4H2,1H3,(H2,10,12)(H,15,16). The molecule has 0 radical (unpaired) electrons. The molecule has 96 valence electrons. The van der Waals surface area contributed by atoms with Gasteiger partial charge in [-0.3, -0.25) is 9.36 Å². The number of aryl methyl sites for hydroxylation is 1. The summed E-state index contributed by atoms with van der Waals surface area (Å²) in [6.07, 6.45) is 1.77. The van der Waals surface area contributed by atoms with E-state index in [2.05, 4.69) is 15.2 Å². The van der Waals surface area contributed by atoms with E-state index in [0.29, 0.717) is 11.7 Å². The Labute approximate surface area is 111 Å². The second kappa shape index (κ2) is 5.36. The number of carboxylic acids is 1. The minimum Gasteiger partial charge on any atom is -0.481 e. The van der Waals surface area contributed by atoms with Crippen LogP contribution in [0.1, 0.15) is 9.88 Å². The molecule has 0 atom stereocenters. The normalized spacial score (nSPS) is 10.7. The van der Waals surface area contributed by atoms with Crippen LogP contribution >= 0.6 is 23.1 Å². The van der Waals surface area contributed by atoms with Crippen molar-refractivity contribution in [2.24, 2.45) is 0 Å². The molecule has 0 fully saturated rings. The first-order chi connectivity index (χ1) is 8.56. The Morgan fingerprint density at radius 1 is 1.61 bits per heavy atom. The average molecular weight is 285 g/mol. The summed E-state index contributed by atoms with van der Waals surface area (Å²) >= 11 is 2.66. The smallest absolute Gasteiger partial charge is 0.313 e. The van der Waals surface area contributed by atoms with Crippen molar-refractivity contribution >= 4 is 35.0 Å². The van der Waals surface area contributed by atoms with Crippen molar-refractivity contribution in [1.82, 2.24) is 19.7 Å². The summed E-state index contributed by atoms with van der Waals surface area (Å²) in [6, 6.07) is 0. The fourth-order valence-electron chi connectivity index (χ4n) is 1.32. The van der Waals surface area contributed by atoms with Gasteiger partial charge in [0.25, 0.3) is 0 Å². The third kappa shape index (κ3) is 2.99. The van der Waals surface area contributed by atoms with Gasteiger partial charge in [0.1, 0.15) is 0 Å². The molecule has 0 aliphatic rings. The number of nitrogens with two attached hydrogens (primary N) is 1. The first kappa shape index (κ1) is 12.8. The molecule has 0 spiro atoms. The van der Waals surface area contributed by atoms with Crippen molar-refractivity contribution in [3.8, 4) is 0 Å². The van der Waals surface area contributed by atoms with Crippen molar-refractivity contribution < 1.29 is 9.90 Å². The Kier molecular flexibility index (Phi) is 3.82. The molecule has 0 amide bonds. The number of thiazole rings is 1. The maximum atomic E-state index is 10.5. The average Bonchev–Trinajstić information content (AvgIpc) is 2.85. The Balaban J connectivity index is 2.16. The summed E-state index contributed by atoms with van der Waals surface area (Å²) in [7, 11) is 0. The largest absolute Gasteiger partial charge is 0.481 e. The fraction of sp³-hybridized carbons (Fsp3) is 0.333. The van der Waals surface area contributed by atoms with Crippen LogP contribution in [0, 0.1) is 6.92 Å². The van der Waals surface area contributed by atoms with Gasteiger partial charge in [0.05, 0.1) is 17.3 Å². The summed E-state index contributed by atoms with van der Waals surface area (Å²) < 4.78 is 1.68. The molecule has 2 rings (SSSR count).